The van der Waals surface area contributed by atoms with Crippen LogP contribution in [0.2, 0.25) is 5.02 Å². The third kappa shape index (κ3) is 6.35. The molecule has 0 aliphatic carbocycles. The summed E-state index contributed by atoms with van der Waals surface area (Å²) in [5.74, 6) is -1.06. The Morgan fingerprint density at radius 2 is 1.70 bits per heavy atom. The van der Waals surface area contributed by atoms with E-state index in [2.05, 4.69) is 17.1 Å². The summed E-state index contributed by atoms with van der Waals surface area (Å²) in [6.07, 6.45) is 3.94. The normalized spacial score (nSPS) is 16.3. The Morgan fingerprint density at radius 3 is 2.22 bits per heavy atom. The Balaban J connectivity index is 0.00000242. The van der Waals surface area contributed by atoms with Crippen molar-refractivity contribution in [2.75, 3.05) is 26.2 Å². The van der Waals surface area contributed by atoms with Crippen molar-refractivity contribution in [3.63, 3.8) is 0 Å². The first-order chi connectivity index (χ1) is 10.1. The molecule has 0 aromatic heterocycles. The van der Waals surface area contributed by atoms with Crippen LogP contribution < -0.4 is 5.32 Å². The van der Waals surface area contributed by atoms with Gasteiger partial charge in [-0.3, -0.25) is 4.90 Å². The molecular weight excluding hydrogens is 365 g/mol. The van der Waals surface area contributed by atoms with Gasteiger partial charge < -0.3 is 5.32 Å². The van der Waals surface area contributed by atoms with E-state index in [0.717, 1.165) is 51.9 Å². The summed E-state index contributed by atoms with van der Waals surface area (Å²) in [6.45, 7) is 5.49. The number of hydrogen-bond acceptors (Lipinski definition) is 2. The first-order valence-electron chi connectivity index (χ1n) is 7.72. The Morgan fingerprint density at radius 1 is 1.13 bits per heavy atom. The summed E-state index contributed by atoms with van der Waals surface area (Å²) < 4.78 is 28.5. The molecule has 0 radical (unpaired) electrons. The van der Waals surface area contributed by atoms with Gasteiger partial charge in [0.05, 0.1) is 0 Å². The molecule has 1 aliphatic heterocycles. The smallest absolute Gasteiger partial charge is 0.132 e. The molecule has 1 heterocycles. The topological polar surface area (TPSA) is 15.3 Å². The second-order valence-electron chi connectivity index (χ2n) is 5.58. The number of hydrogen-bond donors (Lipinski definition) is 1. The van der Waals surface area contributed by atoms with Crippen molar-refractivity contribution >= 4 is 36.4 Å². The standard InChI is InChI=1S/C16H23ClF2N2.2ClH/c1-2-3-4-5-15(21-8-6-20-7-9-21)16-13(18)10-12(17)11-14(16)19;;/h10-11,15,20H,2-9H2,1H3;2*1H/t15-;;/m0../s1. The van der Waals surface area contributed by atoms with Crippen LogP contribution in [0.3, 0.4) is 0 Å². The van der Waals surface area contributed by atoms with E-state index in [0.29, 0.717) is 0 Å². The fraction of sp³-hybridized carbons (Fsp3) is 0.625. The predicted molar refractivity (Wildman–Crippen MR) is 97.2 cm³/mol. The number of piperazine rings is 1. The van der Waals surface area contributed by atoms with Crippen LogP contribution in [0.15, 0.2) is 12.1 Å². The van der Waals surface area contributed by atoms with Gasteiger partial charge in [0.25, 0.3) is 0 Å². The molecule has 1 atom stereocenters. The predicted octanol–water partition coefficient (Wildman–Crippen LogP) is 4.99. The van der Waals surface area contributed by atoms with Gasteiger partial charge in [0, 0.05) is 42.8 Å². The summed E-state index contributed by atoms with van der Waals surface area (Å²) in [5, 5.41) is 3.39. The van der Waals surface area contributed by atoms with Gasteiger partial charge in [-0.2, -0.15) is 0 Å². The zero-order chi connectivity index (χ0) is 15.2. The summed E-state index contributed by atoms with van der Waals surface area (Å²) in [7, 11) is 0. The first kappa shape index (κ1) is 22.9. The highest BCUT2D eigenvalue weighted by Gasteiger charge is 2.27. The third-order valence-corrected chi connectivity index (χ3v) is 4.27. The van der Waals surface area contributed by atoms with Crippen LogP contribution >= 0.6 is 36.4 Å². The number of benzene rings is 1. The van der Waals surface area contributed by atoms with Gasteiger partial charge in [-0.1, -0.05) is 37.8 Å². The Kier molecular flexibility index (Phi) is 11.4. The minimum absolute atomic E-state index is 0. The van der Waals surface area contributed by atoms with E-state index in [-0.39, 0.29) is 41.4 Å². The molecular formula is C16H25Cl3F2N2. The van der Waals surface area contributed by atoms with Gasteiger partial charge in [-0.05, 0) is 18.6 Å². The molecule has 134 valence electrons. The zero-order valence-electron chi connectivity index (χ0n) is 13.3. The van der Waals surface area contributed by atoms with Crippen molar-refractivity contribution in [3.05, 3.63) is 34.4 Å². The van der Waals surface area contributed by atoms with Crippen LogP contribution in [0.4, 0.5) is 8.78 Å². The maximum absolute atomic E-state index is 14.3. The molecule has 7 heteroatoms. The number of unbranched alkanes of at least 4 members (excludes halogenated alkanes) is 2. The molecule has 1 saturated heterocycles. The van der Waals surface area contributed by atoms with Crippen molar-refractivity contribution in [1.82, 2.24) is 10.2 Å². The van der Waals surface area contributed by atoms with Crippen molar-refractivity contribution in [3.8, 4) is 0 Å². The summed E-state index contributed by atoms with van der Waals surface area (Å²) in [5.41, 5.74) is 0.178. The van der Waals surface area contributed by atoms with Gasteiger partial charge in [0.15, 0.2) is 0 Å². The van der Waals surface area contributed by atoms with E-state index in [4.69, 9.17) is 11.6 Å². The second-order valence-corrected chi connectivity index (χ2v) is 6.02. The number of nitrogens with one attached hydrogen (secondary N) is 1. The van der Waals surface area contributed by atoms with Crippen LogP contribution in [0.5, 0.6) is 0 Å². The molecule has 23 heavy (non-hydrogen) atoms. The lowest BCUT2D eigenvalue weighted by atomic mass is 9.97. The summed E-state index contributed by atoms with van der Waals surface area (Å²) in [6, 6.07) is 2.24. The van der Waals surface area contributed by atoms with Crippen LogP contribution in [-0.4, -0.2) is 31.1 Å². The third-order valence-electron chi connectivity index (χ3n) is 4.05. The maximum atomic E-state index is 14.3. The van der Waals surface area contributed by atoms with Crippen molar-refractivity contribution in [2.45, 2.75) is 38.6 Å². The lowest BCUT2D eigenvalue weighted by molar-refractivity contribution is 0.156. The molecule has 0 bridgehead atoms. The second kappa shape index (κ2) is 11.4. The molecule has 0 unspecified atom stereocenters. The van der Waals surface area contributed by atoms with Crippen LogP contribution in [-0.2, 0) is 0 Å². The molecule has 1 aliphatic rings. The highest BCUT2D eigenvalue weighted by Crippen LogP contribution is 2.32. The zero-order valence-corrected chi connectivity index (χ0v) is 15.7. The molecule has 2 nitrogen and oxygen atoms in total. The van der Waals surface area contributed by atoms with E-state index in [9.17, 15) is 8.78 Å². The number of rotatable bonds is 6. The fourth-order valence-corrected chi connectivity index (χ4v) is 3.15. The monoisotopic (exact) mass is 388 g/mol. The molecule has 1 aromatic carbocycles. The summed E-state index contributed by atoms with van der Waals surface area (Å²) in [4.78, 5) is 2.18. The maximum Gasteiger partial charge on any atom is 0.132 e. The Hall–Kier alpha value is -0.130. The minimum Gasteiger partial charge on any atom is -0.314 e. The van der Waals surface area contributed by atoms with Gasteiger partial charge in [0.1, 0.15) is 11.6 Å². The van der Waals surface area contributed by atoms with Crippen molar-refractivity contribution in [2.24, 2.45) is 0 Å². The molecule has 0 spiro atoms. The van der Waals surface area contributed by atoms with Crippen molar-refractivity contribution < 1.29 is 8.78 Å². The Bertz CT molecular complexity index is 446. The minimum atomic E-state index is -0.528. The summed E-state index contributed by atoms with van der Waals surface area (Å²) >= 11 is 5.74. The number of nitrogens with zero attached hydrogens (tertiary/aromatic N) is 1. The molecule has 1 fully saturated rings. The average molecular weight is 390 g/mol. The molecule has 2 rings (SSSR count). The average Bonchev–Trinajstić information content (AvgIpc) is 2.45. The Labute approximate surface area is 154 Å². The van der Waals surface area contributed by atoms with E-state index in [1.807, 2.05) is 0 Å². The van der Waals surface area contributed by atoms with E-state index in [1.54, 1.807) is 0 Å². The molecule has 1 N–H and O–H groups in total. The number of halogens is 5. The lowest BCUT2D eigenvalue weighted by Crippen LogP contribution is -2.45. The van der Waals surface area contributed by atoms with Crippen molar-refractivity contribution in [1.29, 1.82) is 0 Å². The quantitative estimate of drug-likeness (QED) is 0.690. The van der Waals surface area contributed by atoms with E-state index >= 15 is 0 Å². The van der Waals surface area contributed by atoms with E-state index in [1.165, 1.54) is 12.1 Å². The van der Waals surface area contributed by atoms with Gasteiger partial charge >= 0.3 is 0 Å². The van der Waals surface area contributed by atoms with Gasteiger partial charge in [-0.15, -0.1) is 24.8 Å². The van der Waals surface area contributed by atoms with Crippen LogP contribution in [0.1, 0.15) is 44.2 Å². The lowest BCUT2D eigenvalue weighted by Gasteiger charge is -2.35. The van der Waals surface area contributed by atoms with Crippen LogP contribution in [0, 0.1) is 11.6 Å². The molecule has 1 aromatic rings. The first-order valence-corrected chi connectivity index (χ1v) is 8.10. The molecule has 0 amide bonds. The van der Waals surface area contributed by atoms with Crippen LogP contribution in [0.25, 0.3) is 0 Å². The highest BCUT2D eigenvalue weighted by molar-refractivity contribution is 6.30. The fourth-order valence-electron chi connectivity index (χ4n) is 2.96. The van der Waals surface area contributed by atoms with E-state index < -0.39 is 11.6 Å². The highest BCUT2D eigenvalue weighted by atomic mass is 35.5. The molecule has 0 saturated carbocycles. The van der Waals surface area contributed by atoms with Gasteiger partial charge in [0.2, 0.25) is 0 Å². The largest absolute Gasteiger partial charge is 0.314 e. The van der Waals surface area contributed by atoms with Gasteiger partial charge in [-0.25, -0.2) is 8.78 Å². The SMILES string of the molecule is CCCCC[C@@H](c1c(F)cc(Cl)cc1F)N1CCNCC1.Cl.Cl.